The predicted octanol–water partition coefficient (Wildman–Crippen LogP) is 9.01. The highest BCUT2D eigenvalue weighted by molar-refractivity contribution is 6.36. The van der Waals surface area contributed by atoms with Crippen LogP contribution in [0.1, 0.15) is 11.1 Å². The molecule has 0 unspecified atom stereocenters. The third kappa shape index (κ3) is 11.5. The minimum atomic E-state index is 0.647. The number of anilines is 7. The Balaban J connectivity index is 0.000000139. The van der Waals surface area contributed by atoms with Crippen molar-refractivity contribution in [3.05, 3.63) is 138 Å². The molecule has 73 heavy (non-hydrogen) atoms. The molecule has 0 atom stereocenters. The molecule has 0 aliphatic carbocycles. The predicted molar refractivity (Wildman–Crippen MR) is 293 cm³/mol. The summed E-state index contributed by atoms with van der Waals surface area (Å²) in [6.07, 6.45) is 7.04. The number of morpholine rings is 4. The fourth-order valence-corrected chi connectivity index (χ4v) is 9.76. The fourth-order valence-electron chi connectivity index (χ4n) is 9.52. The van der Waals surface area contributed by atoms with Crippen LogP contribution in [-0.2, 0) is 18.9 Å². The molecule has 4 fully saturated rings. The van der Waals surface area contributed by atoms with Crippen LogP contribution in [-0.4, -0.2) is 135 Å². The Labute approximate surface area is 431 Å². The number of nitrogen functional groups attached to an aromatic ring is 1. The first-order valence-corrected chi connectivity index (χ1v) is 25.4. The average Bonchev–Trinajstić information content (AvgIpc) is 3.46. The monoisotopic (exact) mass is 1000 g/mol. The normalized spacial score (nSPS) is 16.1. The van der Waals surface area contributed by atoms with Gasteiger partial charge in [0.1, 0.15) is 0 Å². The number of benzene rings is 2. The Morgan fingerprint density at radius 2 is 0.932 bits per heavy atom. The Hall–Kier alpha value is -7.21. The summed E-state index contributed by atoms with van der Waals surface area (Å²) in [7, 11) is 0. The topological polar surface area (TPSA) is 165 Å². The first kappa shape index (κ1) is 49.4. The Bertz CT molecular complexity index is 3110. The van der Waals surface area contributed by atoms with Crippen LogP contribution in [0.5, 0.6) is 0 Å². The summed E-state index contributed by atoms with van der Waals surface area (Å²) in [5, 5.41) is 6.37. The number of hydrogen-bond donors (Lipinski definition) is 2. The number of aromatic nitrogens is 6. The van der Waals surface area contributed by atoms with E-state index in [2.05, 4.69) is 99.2 Å². The van der Waals surface area contributed by atoms with Crippen molar-refractivity contribution in [2.75, 3.05) is 136 Å². The first-order valence-electron chi connectivity index (χ1n) is 25.0. The molecule has 2 aromatic carbocycles. The summed E-state index contributed by atoms with van der Waals surface area (Å²) in [5.74, 6) is 0. The van der Waals surface area contributed by atoms with Gasteiger partial charge in [0.15, 0.2) is 11.3 Å². The van der Waals surface area contributed by atoms with E-state index in [1.54, 1.807) is 24.8 Å². The van der Waals surface area contributed by atoms with Crippen LogP contribution in [0.25, 0.3) is 44.8 Å². The molecule has 17 heteroatoms. The van der Waals surface area contributed by atoms with Gasteiger partial charge in [0, 0.05) is 105 Å². The summed E-state index contributed by atoms with van der Waals surface area (Å²) in [6.45, 7) is 17.4. The van der Waals surface area contributed by atoms with Gasteiger partial charge in [-0.2, -0.15) is 0 Å². The molecule has 0 radical (unpaired) electrons. The SMILES string of the molecule is Cc1c(-c2ccccn2)nc2ncccc2c1Cl.Cc1c(-c2ccccn2)nc2ncccc2c1Nc1cc(N2CCOCC2)ccc1N1CCOCC1.Nc1cc(N2CCOCC2)ccc1N1CCOCC1. The Morgan fingerprint density at radius 1 is 0.479 bits per heavy atom. The van der Waals surface area contributed by atoms with Gasteiger partial charge in [-0.1, -0.05) is 23.7 Å². The van der Waals surface area contributed by atoms with Gasteiger partial charge in [0.05, 0.1) is 109 Å². The molecular weight excluding hydrogens is 940 g/mol. The van der Waals surface area contributed by atoms with Crippen LogP contribution in [0.4, 0.5) is 39.8 Å². The minimum absolute atomic E-state index is 0.647. The van der Waals surface area contributed by atoms with Crippen LogP contribution in [0.2, 0.25) is 5.02 Å². The summed E-state index contributed by atoms with van der Waals surface area (Å²) in [6, 6.07) is 32.5. The highest BCUT2D eigenvalue weighted by atomic mass is 35.5. The maximum absolute atomic E-state index is 6.37. The van der Waals surface area contributed by atoms with E-state index in [0.717, 1.165) is 173 Å². The molecule has 376 valence electrons. The molecule has 0 spiro atoms. The fraction of sp³-hybridized carbons (Fsp3) is 0.321. The third-order valence-corrected chi connectivity index (χ3v) is 13.9. The van der Waals surface area contributed by atoms with Crippen molar-refractivity contribution in [2.45, 2.75) is 13.8 Å². The number of nitrogens with two attached hydrogens (primary N) is 1. The largest absolute Gasteiger partial charge is 0.397 e. The van der Waals surface area contributed by atoms with E-state index in [1.807, 2.05) is 61.5 Å². The lowest BCUT2D eigenvalue weighted by Gasteiger charge is -2.33. The zero-order valence-corrected chi connectivity index (χ0v) is 42.2. The second kappa shape index (κ2) is 23.6. The van der Waals surface area contributed by atoms with Gasteiger partial charge in [-0.15, -0.1) is 0 Å². The highest BCUT2D eigenvalue weighted by Gasteiger charge is 2.22. The molecule has 4 aliphatic rings. The molecule has 3 N–H and O–H groups in total. The molecule has 0 bridgehead atoms. The second-order valence-corrected chi connectivity index (χ2v) is 18.4. The van der Waals surface area contributed by atoms with Crippen LogP contribution < -0.4 is 30.7 Å². The standard InChI is InChI=1S/C28H30N6O2.C14H10ClN3.C14H21N3O2/c1-20-26(22-5-4-10-30-28(22)32-27(20)23-6-2-3-9-29-23)31-24-19-21(33-11-15-35-16-12-33)7-8-25(24)34-13-17-36-18-14-34;1-9-12(15)10-5-4-8-17-14(10)18-13(9)11-6-2-3-7-16-11;15-13-11-12(16-3-7-18-8-4-16)1-2-14(13)17-5-9-19-10-6-17/h2-10,19H,11-18H2,1H3,(H,30,31,32);2-8H,1H3;1-2,11H,3-10,15H2. The number of ether oxygens (including phenoxy) is 4. The zero-order chi connectivity index (χ0) is 49.9. The van der Waals surface area contributed by atoms with Gasteiger partial charge in [-0.3, -0.25) is 9.97 Å². The van der Waals surface area contributed by atoms with Gasteiger partial charge >= 0.3 is 0 Å². The molecule has 12 rings (SSSR count). The van der Waals surface area contributed by atoms with Crippen molar-refractivity contribution in [1.82, 2.24) is 29.9 Å². The van der Waals surface area contributed by atoms with Crippen molar-refractivity contribution in [2.24, 2.45) is 0 Å². The Morgan fingerprint density at radius 3 is 1.45 bits per heavy atom. The summed E-state index contributed by atoms with van der Waals surface area (Å²) >= 11 is 6.37. The quantitative estimate of drug-likeness (QED) is 0.138. The van der Waals surface area contributed by atoms with E-state index < -0.39 is 0 Å². The number of nitrogens with one attached hydrogen (secondary N) is 1. The Kier molecular flexibility index (Phi) is 15.9. The van der Waals surface area contributed by atoms with Gasteiger partial charge in [0.2, 0.25) is 0 Å². The van der Waals surface area contributed by atoms with Crippen molar-refractivity contribution >= 4 is 73.5 Å². The molecule has 4 aliphatic heterocycles. The van der Waals surface area contributed by atoms with Gasteiger partial charge in [-0.25, -0.2) is 19.9 Å². The highest BCUT2D eigenvalue weighted by Crippen LogP contribution is 2.39. The van der Waals surface area contributed by atoms with Crippen molar-refractivity contribution in [3.8, 4) is 22.8 Å². The summed E-state index contributed by atoms with van der Waals surface area (Å²) in [4.78, 5) is 36.5. The molecule has 6 aromatic heterocycles. The average molecular weight is 1000 g/mol. The van der Waals surface area contributed by atoms with Gasteiger partial charge in [-0.05, 0) is 104 Å². The van der Waals surface area contributed by atoms with Crippen molar-refractivity contribution < 1.29 is 18.9 Å². The number of hydrogen-bond acceptors (Lipinski definition) is 16. The van der Waals surface area contributed by atoms with E-state index in [9.17, 15) is 0 Å². The molecular formula is C56H61ClN12O4. The van der Waals surface area contributed by atoms with E-state index in [1.165, 1.54) is 17.1 Å². The second-order valence-electron chi connectivity index (χ2n) is 18.0. The molecule has 8 aromatic rings. The van der Waals surface area contributed by atoms with Crippen LogP contribution in [0.3, 0.4) is 0 Å². The van der Waals surface area contributed by atoms with E-state index >= 15 is 0 Å². The van der Waals surface area contributed by atoms with Crippen LogP contribution >= 0.6 is 11.6 Å². The molecule has 0 saturated carbocycles. The van der Waals surface area contributed by atoms with Crippen molar-refractivity contribution in [3.63, 3.8) is 0 Å². The molecule has 0 amide bonds. The maximum atomic E-state index is 6.37. The van der Waals surface area contributed by atoms with Crippen LogP contribution in [0.15, 0.2) is 122 Å². The molecule has 4 saturated heterocycles. The lowest BCUT2D eigenvalue weighted by atomic mass is 10.1. The minimum Gasteiger partial charge on any atom is -0.397 e. The molecule has 10 heterocycles. The summed E-state index contributed by atoms with van der Waals surface area (Å²) in [5.41, 5.74) is 20.4. The van der Waals surface area contributed by atoms with E-state index in [4.69, 9.17) is 41.3 Å². The summed E-state index contributed by atoms with van der Waals surface area (Å²) < 4.78 is 22.0. The zero-order valence-electron chi connectivity index (χ0n) is 41.4. The number of pyridine rings is 6. The van der Waals surface area contributed by atoms with E-state index in [0.29, 0.717) is 16.3 Å². The van der Waals surface area contributed by atoms with Crippen molar-refractivity contribution in [1.29, 1.82) is 0 Å². The number of fused-ring (bicyclic) bond motifs is 2. The van der Waals surface area contributed by atoms with Crippen LogP contribution in [0, 0.1) is 13.8 Å². The first-order chi connectivity index (χ1) is 35.9. The number of nitrogens with zero attached hydrogens (tertiary/aromatic N) is 10. The van der Waals surface area contributed by atoms with E-state index in [-0.39, 0.29) is 0 Å². The third-order valence-electron chi connectivity index (χ3n) is 13.5. The molecule has 16 nitrogen and oxygen atoms in total. The number of rotatable bonds is 8. The maximum Gasteiger partial charge on any atom is 0.161 e. The smallest absolute Gasteiger partial charge is 0.161 e. The number of halogens is 1. The lowest BCUT2D eigenvalue weighted by molar-refractivity contribution is 0.122. The lowest BCUT2D eigenvalue weighted by Crippen LogP contribution is -2.37. The van der Waals surface area contributed by atoms with Gasteiger partial charge < -0.3 is 49.6 Å². The van der Waals surface area contributed by atoms with Gasteiger partial charge in [0.25, 0.3) is 0 Å².